The molecule has 0 aliphatic carbocycles. The van der Waals surface area contributed by atoms with E-state index < -0.39 is 27.3 Å². The lowest BCUT2D eigenvalue weighted by atomic mass is 9.90. The third-order valence-electron chi connectivity index (χ3n) is 3.94. The van der Waals surface area contributed by atoms with Crippen molar-refractivity contribution in [2.45, 2.75) is 77.0 Å². The predicted molar refractivity (Wildman–Crippen MR) is 101 cm³/mol. The monoisotopic (exact) mass is 371 g/mol. The number of hydrogen-bond acceptors (Lipinski definition) is 4. The molecular weight excluding hydrogens is 338 g/mol. The van der Waals surface area contributed by atoms with Gasteiger partial charge >= 0.3 is 0 Å². The lowest BCUT2D eigenvalue weighted by Crippen LogP contribution is -2.54. The Kier molecular flexibility index (Phi) is 7.21. The summed E-state index contributed by atoms with van der Waals surface area (Å²) in [5, 5.41) is 10.9. The van der Waals surface area contributed by atoms with Crippen LogP contribution in [0, 0.1) is 12.8 Å². The van der Waals surface area contributed by atoms with Gasteiger partial charge < -0.3 is 9.84 Å². The molecule has 2 atom stereocenters. The zero-order valence-electron chi connectivity index (χ0n) is 16.5. The highest BCUT2D eigenvalue weighted by atomic mass is 32.2. The minimum atomic E-state index is -3.74. The van der Waals surface area contributed by atoms with Gasteiger partial charge in [-0.1, -0.05) is 32.0 Å². The van der Waals surface area contributed by atoms with Gasteiger partial charge in [-0.05, 0) is 58.6 Å². The molecule has 0 bridgehead atoms. The molecular formula is C19H33NO4S. The van der Waals surface area contributed by atoms with Gasteiger partial charge in [0, 0.05) is 0 Å². The Balaban J connectivity index is 3.08. The summed E-state index contributed by atoms with van der Waals surface area (Å²) in [5.74, 6) is 0.214. The second kappa shape index (κ2) is 8.16. The van der Waals surface area contributed by atoms with Crippen molar-refractivity contribution in [1.82, 2.24) is 4.72 Å². The maximum absolute atomic E-state index is 12.8. The largest absolute Gasteiger partial charge is 0.386 e. The van der Waals surface area contributed by atoms with Crippen LogP contribution < -0.4 is 4.72 Å². The lowest BCUT2D eigenvalue weighted by Gasteiger charge is -2.36. The van der Waals surface area contributed by atoms with E-state index in [2.05, 4.69) is 4.72 Å². The lowest BCUT2D eigenvalue weighted by molar-refractivity contribution is -0.105. The standard InChI is InChI=1S/C19H33NO4S/c1-14(2)12-17(19(7,21)13-24-18(4,5)6)20-25(22,23)16-11-9-8-10-15(16)3/h8-11,14,17,20-21H,12-13H2,1-7H3. The number of aryl methyl sites for hydroxylation is 1. The summed E-state index contributed by atoms with van der Waals surface area (Å²) in [6.45, 7) is 13.1. The van der Waals surface area contributed by atoms with E-state index in [-0.39, 0.29) is 17.4 Å². The van der Waals surface area contributed by atoms with Crippen LogP contribution in [0.1, 0.15) is 53.5 Å². The smallest absolute Gasteiger partial charge is 0.241 e. The zero-order chi connectivity index (χ0) is 19.5. The van der Waals surface area contributed by atoms with Crippen molar-refractivity contribution in [1.29, 1.82) is 0 Å². The summed E-state index contributed by atoms with van der Waals surface area (Å²) >= 11 is 0. The van der Waals surface area contributed by atoms with E-state index in [1.165, 1.54) is 0 Å². The Morgan fingerprint density at radius 1 is 1.16 bits per heavy atom. The number of rotatable bonds is 8. The number of hydrogen-bond donors (Lipinski definition) is 2. The van der Waals surface area contributed by atoms with Crippen molar-refractivity contribution in [2.24, 2.45) is 5.92 Å². The highest BCUT2D eigenvalue weighted by Gasteiger charge is 2.37. The van der Waals surface area contributed by atoms with Crippen LogP contribution in [0.4, 0.5) is 0 Å². The first-order chi connectivity index (χ1) is 11.2. The first-order valence-electron chi connectivity index (χ1n) is 8.69. The molecule has 0 aliphatic heterocycles. The van der Waals surface area contributed by atoms with Gasteiger partial charge in [0.05, 0.1) is 23.1 Å². The second-order valence-electron chi connectivity index (χ2n) is 8.33. The summed E-state index contributed by atoms with van der Waals surface area (Å²) in [5.41, 5.74) is -1.07. The van der Waals surface area contributed by atoms with Gasteiger partial charge in [0.25, 0.3) is 0 Å². The molecule has 2 unspecified atom stereocenters. The molecule has 6 heteroatoms. The normalized spacial score (nSPS) is 16.7. The van der Waals surface area contributed by atoms with Gasteiger partial charge in [-0.2, -0.15) is 0 Å². The fraction of sp³-hybridized carbons (Fsp3) is 0.684. The van der Waals surface area contributed by atoms with Crippen LogP contribution in [0.5, 0.6) is 0 Å². The second-order valence-corrected chi connectivity index (χ2v) is 10.0. The number of benzene rings is 1. The van der Waals surface area contributed by atoms with Crippen LogP contribution in [0.2, 0.25) is 0 Å². The van der Waals surface area contributed by atoms with Crippen molar-refractivity contribution < 1.29 is 18.3 Å². The van der Waals surface area contributed by atoms with Crippen LogP contribution in [-0.4, -0.2) is 37.4 Å². The van der Waals surface area contributed by atoms with Gasteiger partial charge in [0.15, 0.2) is 0 Å². The fourth-order valence-corrected chi connectivity index (χ4v) is 4.07. The zero-order valence-corrected chi connectivity index (χ0v) is 17.3. The van der Waals surface area contributed by atoms with Crippen molar-refractivity contribution in [3.05, 3.63) is 29.8 Å². The maximum Gasteiger partial charge on any atom is 0.241 e. The van der Waals surface area contributed by atoms with Gasteiger partial charge in [0.1, 0.15) is 5.60 Å². The molecule has 0 aliphatic rings. The minimum absolute atomic E-state index is 0.0458. The summed E-state index contributed by atoms with van der Waals surface area (Å²) < 4.78 is 34.1. The van der Waals surface area contributed by atoms with Gasteiger partial charge in [0.2, 0.25) is 10.0 Å². The highest BCUT2D eigenvalue weighted by molar-refractivity contribution is 7.89. The summed E-state index contributed by atoms with van der Waals surface area (Å²) in [4.78, 5) is 0.233. The minimum Gasteiger partial charge on any atom is -0.386 e. The maximum atomic E-state index is 12.8. The topological polar surface area (TPSA) is 75.6 Å². The summed E-state index contributed by atoms with van der Waals surface area (Å²) in [6.07, 6.45) is 0.506. The van der Waals surface area contributed by atoms with Crippen LogP contribution >= 0.6 is 0 Å². The van der Waals surface area contributed by atoms with Crippen molar-refractivity contribution >= 4 is 10.0 Å². The molecule has 25 heavy (non-hydrogen) atoms. The van der Waals surface area contributed by atoms with E-state index in [0.717, 1.165) is 0 Å². The molecule has 5 nitrogen and oxygen atoms in total. The van der Waals surface area contributed by atoms with E-state index in [0.29, 0.717) is 12.0 Å². The number of ether oxygens (including phenoxy) is 1. The number of aliphatic hydroxyl groups is 1. The molecule has 0 heterocycles. The quantitative estimate of drug-likeness (QED) is 0.735. The predicted octanol–water partition coefficient (Wildman–Crippen LogP) is 3.25. The van der Waals surface area contributed by atoms with Crippen LogP contribution in [0.15, 0.2) is 29.2 Å². The van der Waals surface area contributed by atoms with Crippen LogP contribution in [0.3, 0.4) is 0 Å². The molecule has 0 spiro atoms. The Bertz CT molecular complexity index is 660. The molecule has 2 N–H and O–H groups in total. The van der Waals surface area contributed by atoms with E-state index in [4.69, 9.17) is 4.74 Å². The third kappa shape index (κ3) is 7.05. The molecule has 0 aromatic heterocycles. The molecule has 0 radical (unpaired) electrons. The van der Waals surface area contributed by atoms with Crippen LogP contribution in [-0.2, 0) is 14.8 Å². The first kappa shape index (κ1) is 22.1. The summed E-state index contributed by atoms with van der Waals surface area (Å²) in [7, 11) is -3.74. The SMILES string of the molecule is Cc1ccccc1S(=O)(=O)NC(CC(C)C)C(C)(O)COC(C)(C)C. The van der Waals surface area contributed by atoms with Gasteiger partial charge in [-0.25, -0.2) is 13.1 Å². The van der Waals surface area contributed by atoms with Gasteiger partial charge in [-0.15, -0.1) is 0 Å². The average molecular weight is 372 g/mol. The molecule has 144 valence electrons. The van der Waals surface area contributed by atoms with Crippen molar-refractivity contribution in [3.63, 3.8) is 0 Å². The molecule has 0 saturated heterocycles. The van der Waals surface area contributed by atoms with E-state index in [1.54, 1.807) is 38.1 Å². The first-order valence-corrected chi connectivity index (χ1v) is 10.2. The molecule has 1 aromatic rings. The average Bonchev–Trinajstić information content (AvgIpc) is 2.43. The van der Waals surface area contributed by atoms with E-state index in [9.17, 15) is 13.5 Å². The molecule has 0 fully saturated rings. The molecule has 1 aromatic carbocycles. The summed E-state index contributed by atoms with van der Waals surface area (Å²) in [6, 6.07) is 6.17. The Morgan fingerprint density at radius 2 is 1.72 bits per heavy atom. The van der Waals surface area contributed by atoms with Crippen LogP contribution in [0.25, 0.3) is 0 Å². The fourth-order valence-electron chi connectivity index (χ4n) is 2.47. The van der Waals surface area contributed by atoms with E-state index in [1.807, 2.05) is 34.6 Å². The Hall–Kier alpha value is -0.950. The Morgan fingerprint density at radius 3 is 2.20 bits per heavy atom. The van der Waals surface area contributed by atoms with Crippen molar-refractivity contribution in [3.8, 4) is 0 Å². The molecule has 0 saturated carbocycles. The number of nitrogens with one attached hydrogen (secondary N) is 1. The van der Waals surface area contributed by atoms with Gasteiger partial charge in [-0.3, -0.25) is 0 Å². The molecule has 0 amide bonds. The van der Waals surface area contributed by atoms with Crippen molar-refractivity contribution in [2.75, 3.05) is 6.61 Å². The highest BCUT2D eigenvalue weighted by Crippen LogP contribution is 2.24. The van der Waals surface area contributed by atoms with E-state index >= 15 is 0 Å². The third-order valence-corrected chi connectivity index (χ3v) is 5.57. The number of sulfonamides is 1. The molecule has 1 rings (SSSR count). The Labute approximate surface area is 152 Å².